The third kappa shape index (κ3) is 1.67. The van der Waals surface area contributed by atoms with Crippen LogP contribution < -0.4 is 5.73 Å². The second kappa shape index (κ2) is 3.64. The van der Waals surface area contributed by atoms with Crippen molar-refractivity contribution in [2.75, 3.05) is 13.1 Å². The fourth-order valence-electron chi connectivity index (χ4n) is 1.74. The van der Waals surface area contributed by atoms with Gasteiger partial charge in [0.25, 0.3) is 5.91 Å². The quantitative estimate of drug-likeness (QED) is 0.731. The van der Waals surface area contributed by atoms with Crippen molar-refractivity contribution in [2.24, 2.45) is 5.73 Å². The first-order chi connectivity index (χ1) is 7.53. The molecule has 2 heterocycles. The molecule has 1 unspecified atom stereocenters. The largest absolute Gasteiger partial charge is 0.480 e. The fraction of sp³-hybridized carbons (Fsp3) is 0.400. The average Bonchev–Trinajstić information content (AvgIpc) is 2.85. The van der Waals surface area contributed by atoms with E-state index < -0.39 is 11.5 Å². The third-order valence-corrected chi connectivity index (χ3v) is 2.75. The van der Waals surface area contributed by atoms with Crippen LogP contribution in [0.3, 0.4) is 0 Å². The molecular formula is C10H12N2O4. The monoisotopic (exact) mass is 224 g/mol. The molecule has 1 saturated heterocycles. The van der Waals surface area contributed by atoms with Gasteiger partial charge in [0.05, 0.1) is 6.26 Å². The predicted octanol–water partition coefficient (Wildman–Crippen LogP) is -0.0924. The van der Waals surface area contributed by atoms with Crippen LogP contribution in [0.4, 0.5) is 0 Å². The molecule has 1 aliphatic rings. The zero-order valence-corrected chi connectivity index (χ0v) is 8.55. The Morgan fingerprint density at radius 1 is 1.56 bits per heavy atom. The molecule has 2 rings (SSSR count). The Bertz CT molecular complexity index is 414. The topological polar surface area (TPSA) is 96.8 Å². The Labute approximate surface area is 91.6 Å². The Morgan fingerprint density at radius 2 is 2.31 bits per heavy atom. The molecular weight excluding hydrogens is 212 g/mol. The van der Waals surface area contributed by atoms with E-state index in [1.165, 1.54) is 11.2 Å². The maximum absolute atomic E-state index is 11.8. The van der Waals surface area contributed by atoms with Crippen molar-refractivity contribution in [1.82, 2.24) is 4.90 Å². The SMILES string of the molecule is NC1(C(=O)O)CCN(C(=O)c2ccco2)C1. The summed E-state index contributed by atoms with van der Waals surface area (Å²) in [6, 6.07) is 3.15. The van der Waals surface area contributed by atoms with Crippen LogP contribution in [0, 0.1) is 0 Å². The molecule has 0 spiro atoms. The summed E-state index contributed by atoms with van der Waals surface area (Å²) >= 11 is 0. The van der Waals surface area contributed by atoms with Crippen LogP contribution in [-0.4, -0.2) is 40.5 Å². The first-order valence-electron chi connectivity index (χ1n) is 4.88. The van der Waals surface area contributed by atoms with E-state index >= 15 is 0 Å². The molecule has 1 fully saturated rings. The lowest BCUT2D eigenvalue weighted by Gasteiger charge is -2.19. The zero-order chi connectivity index (χ0) is 11.8. The minimum atomic E-state index is -1.33. The molecule has 3 N–H and O–H groups in total. The van der Waals surface area contributed by atoms with E-state index in [1.54, 1.807) is 12.1 Å². The maximum atomic E-state index is 11.8. The Hall–Kier alpha value is -1.82. The Balaban J connectivity index is 2.10. The second-order valence-electron chi connectivity index (χ2n) is 3.92. The van der Waals surface area contributed by atoms with Gasteiger partial charge in [-0.25, -0.2) is 0 Å². The van der Waals surface area contributed by atoms with Crippen LogP contribution in [0.1, 0.15) is 17.0 Å². The number of carboxylic acids is 1. The van der Waals surface area contributed by atoms with Crippen molar-refractivity contribution in [3.05, 3.63) is 24.2 Å². The summed E-state index contributed by atoms with van der Waals surface area (Å²) < 4.78 is 4.96. The van der Waals surface area contributed by atoms with Crippen LogP contribution in [0.5, 0.6) is 0 Å². The minimum Gasteiger partial charge on any atom is -0.480 e. The smallest absolute Gasteiger partial charge is 0.325 e. The minimum absolute atomic E-state index is 0.0157. The molecule has 0 bridgehead atoms. The van der Waals surface area contributed by atoms with Gasteiger partial charge in [-0.2, -0.15) is 0 Å². The van der Waals surface area contributed by atoms with E-state index in [0.717, 1.165) is 0 Å². The van der Waals surface area contributed by atoms with Gasteiger partial charge in [0, 0.05) is 13.1 Å². The number of nitrogens with zero attached hydrogens (tertiary/aromatic N) is 1. The summed E-state index contributed by atoms with van der Waals surface area (Å²) in [7, 11) is 0. The van der Waals surface area contributed by atoms with Gasteiger partial charge in [0.15, 0.2) is 5.76 Å². The molecule has 6 heteroatoms. The van der Waals surface area contributed by atoms with E-state index in [0.29, 0.717) is 6.54 Å². The molecule has 0 saturated carbocycles. The maximum Gasteiger partial charge on any atom is 0.325 e. The molecule has 0 aliphatic carbocycles. The standard InChI is InChI=1S/C10H12N2O4/c11-10(9(14)15)3-4-12(6-10)8(13)7-2-1-5-16-7/h1-2,5H,3-4,6,11H2,(H,14,15). The number of furan rings is 1. The number of rotatable bonds is 2. The molecule has 1 aromatic heterocycles. The van der Waals surface area contributed by atoms with E-state index in [2.05, 4.69) is 0 Å². The average molecular weight is 224 g/mol. The number of hydrogen-bond donors (Lipinski definition) is 2. The first kappa shape index (κ1) is 10.7. The highest BCUT2D eigenvalue weighted by Crippen LogP contribution is 2.21. The van der Waals surface area contributed by atoms with Crippen molar-refractivity contribution < 1.29 is 19.1 Å². The predicted molar refractivity (Wildman–Crippen MR) is 53.8 cm³/mol. The number of carbonyl (C=O) groups excluding carboxylic acids is 1. The van der Waals surface area contributed by atoms with E-state index in [-0.39, 0.29) is 24.6 Å². The normalized spacial score (nSPS) is 24.7. The van der Waals surface area contributed by atoms with Gasteiger partial charge in [-0.1, -0.05) is 0 Å². The third-order valence-electron chi connectivity index (χ3n) is 2.75. The van der Waals surface area contributed by atoms with E-state index in [4.69, 9.17) is 15.3 Å². The molecule has 16 heavy (non-hydrogen) atoms. The van der Waals surface area contributed by atoms with Crippen molar-refractivity contribution >= 4 is 11.9 Å². The number of nitrogens with two attached hydrogens (primary N) is 1. The van der Waals surface area contributed by atoms with Crippen molar-refractivity contribution in [2.45, 2.75) is 12.0 Å². The highest BCUT2D eigenvalue weighted by atomic mass is 16.4. The molecule has 1 amide bonds. The van der Waals surface area contributed by atoms with Gasteiger partial charge in [-0.05, 0) is 18.6 Å². The molecule has 0 radical (unpaired) electrons. The molecule has 86 valence electrons. The first-order valence-corrected chi connectivity index (χ1v) is 4.88. The number of likely N-dealkylation sites (tertiary alicyclic amines) is 1. The van der Waals surface area contributed by atoms with Crippen LogP contribution in [0.25, 0.3) is 0 Å². The van der Waals surface area contributed by atoms with Gasteiger partial charge in [0.2, 0.25) is 0 Å². The van der Waals surface area contributed by atoms with Crippen LogP contribution >= 0.6 is 0 Å². The highest BCUT2D eigenvalue weighted by molar-refractivity contribution is 5.92. The summed E-state index contributed by atoms with van der Waals surface area (Å²) in [5, 5.41) is 8.92. The lowest BCUT2D eigenvalue weighted by molar-refractivity contribution is -0.142. The highest BCUT2D eigenvalue weighted by Gasteiger charge is 2.43. The Morgan fingerprint density at radius 3 is 2.81 bits per heavy atom. The van der Waals surface area contributed by atoms with E-state index in [9.17, 15) is 9.59 Å². The van der Waals surface area contributed by atoms with Gasteiger partial charge >= 0.3 is 5.97 Å². The van der Waals surface area contributed by atoms with Crippen LogP contribution in [-0.2, 0) is 4.79 Å². The zero-order valence-electron chi connectivity index (χ0n) is 8.55. The van der Waals surface area contributed by atoms with E-state index in [1.807, 2.05) is 0 Å². The molecule has 1 aliphatic heterocycles. The summed E-state index contributed by atoms with van der Waals surface area (Å²) in [6.45, 7) is 0.351. The summed E-state index contributed by atoms with van der Waals surface area (Å²) in [6.07, 6.45) is 1.66. The fourth-order valence-corrected chi connectivity index (χ4v) is 1.74. The number of carbonyl (C=O) groups is 2. The number of amides is 1. The van der Waals surface area contributed by atoms with Crippen molar-refractivity contribution in [3.8, 4) is 0 Å². The lowest BCUT2D eigenvalue weighted by Crippen LogP contribution is -2.50. The van der Waals surface area contributed by atoms with Gasteiger partial charge in [0.1, 0.15) is 5.54 Å². The number of hydrogen-bond acceptors (Lipinski definition) is 4. The van der Waals surface area contributed by atoms with Crippen molar-refractivity contribution in [1.29, 1.82) is 0 Å². The molecule has 6 nitrogen and oxygen atoms in total. The van der Waals surface area contributed by atoms with Gasteiger partial charge < -0.3 is 20.2 Å². The summed E-state index contributed by atoms with van der Waals surface area (Å²) in [5.41, 5.74) is 4.33. The van der Waals surface area contributed by atoms with Crippen molar-refractivity contribution in [3.63, 3.8) is 0 Å². The number of carboxylic acid groups (broad SMARTS) is 1. The van der Waals surface area contributed by atoms with Crippen LogP contribution in [0.2, 0.25) is 0 Å². The molecule has 1 aromatic rings. The van der Waals surface area contributed by atoms with Gasteiger partial charge in [-0.3, -0.25) is 9.59 Å². The molecule has 1 atom stereocenters. The number of aliphatic carboxylic acids is 1. The second-order valence-corrected chi connectivity index (χ2v) is 3.92. The summed E-state index contributed by atoms with van der Waals surface area (Å²) in [5.74, 6) is -1.20. The lowest BCUT2D eigenvalue weighted by atomic mass is 10.0. The van der Waals surface area contributed by atoms with Gasteiger partial charge in [-0.15, -0.1) is 0 Å². The van der Waals surface area contributed by atoms with Crippen LogP contribution in [0.15, 0.2) is 22.8 Å². The molecule has 0 aromatic carbocycles. The Kier molecular flexibility index (Phi) is 2.43. The summed E-state index contributed by atoms with van der Waals surface area (Å²) in [4.78, 5) is 24.1.